The number of aromatic nitrogens is 4. The highest BCUT2D eigenvalue weighted by Crippen LogP contribution is 2.29. The molecule has 13 heteroatoms. The second kappa shape index (κ2) is 8.77. The number of nitrogens with two attached hydrogens (primary N) is 1. The molecule has 2 unspecified atom stereocenters. The minimum Gasteiger partial charge on any atom is -0.380 e. The number of nitrogen functional groups attached to an aromatic ring is 1. The van der Waals surface area contributed by atoms with Crippen molar-refractivity contribution < 1.29 is 24.0 Å². The maximum absolute atomic E-state index is 13.4. The van der Waals surface area contributed by atoms with Gasteiger partial charge in [-0.3, -0.25) is 14.5 Å². The number of carbonyl (C=O) groups excluding carboxylic acids is 2. The Hall–Kier alpha value is -4.80. The summed E-state index contributed by atoms with van der Waals surface area (Å²) in [6.07, 6.45) is 1.28. The summed E-state index contributed by atoms with van der Waals surface area (Å²) in [7, 11) is 0. The first-order valence-electron chi connectivity index (χ1n) is 10.8. The molecular weight excluding hydrogens is 468 g/mol. The summed E-state index contributed by atoms with van der Waals surface area (Å²) >= 11 is 0. The first-order valence-corrected chi connectivity index (χ1v) is 10.8. The molecule has 4 heterocycles. The lowest BCUT2D eigenvalue weighted by atomic mass is 9.94. The molecule has 182 valence electrons. The Bertz CT molecular complexity index is 1520. The number of ether oxygens (including phenoxy) is 1. The minimum atomic E-state index is -1.86. The number of morpholine rings is 1. The van der Waals surface area contributed by atoms with E-state index in [0.717, 1.165) is 0 Å². The SMILES string of the molecule is CC1(C(O)C(=O)Nc2ccc3c(N)noc3c2)OCCN(c2ccn(-c3ccnc(C#N)c3)n2)C1=O. The zero-order chi connectivity index (χ0) is 25.4. The van der Waals surface area contributed by atoms with Gasteiger partial charge < -0.3 is 25.4 Å². The van der Waals surface area contributed by atoms with E-state index in [9.17, 15) is 14.7 Å². The molecular formula is C23H20N8O5. The van der Waals surface area contributed by atoms with Crippen molar-refractivity contribution in [2.45, 2.75) is 18.6 Å². The summed E-state index contributed by atoms with van der Waals surface area (Å²) in [5.41, 5.74) is 5.32. The smallest absolute Gasteiger partial charge is 0.263 e. The van der Waals surface area contributed by atoms with Crippen LogP contribution in [0.15, 0.2) is 53.3 Å². The average molecular weight is 488 g/mol. The van der Waals surface area contributed by atoms with Crippen molar-refractivity contribution in [3.63, 3.8) is 0 Å². The van der Waals surface area contributed by atoms with Crippen LogP contribution < -0.4 is 16.0 Å². The van der Waals surface area contributed by atoms with Crippen LogP contribution in [-0.4, -0.2) is 61.7 Å². The van der Waals surface area contributed by atoms with Crippen molar-refractivity contribution in [2.75, 3.05) is 29.1 Å². The van der Waals surface area contributed by atoms with Gasteiger partial charge in [-0.1, -0.05) is 5.16 Å². The molecule has 0 spiro atoms. The van der Waals surface area contributed by atoms with Crippen molar-refractivity contribution in [1.82, 2.24) is 19.9 Å². The van der Waals surface area contributed by atoms with Crippen LogP contribution in [0.25, 0.3) is 16.7 Å². The van der Waals surface area contributed by atoms with Gasteiger partial charge in [0.2, 0.25) is 0 Å². The zero-order valence-electron chi connectivity index (χ0n) is 19.0. The number of nitrogens with one attached hydrogen (secondary N) is 1. The number of hydrogen-bond acceptors (Lipinski definition) is 10. The van der Waals surface area contributed by atoms with E-state index < -0.39 is 23.5 Å². The molecule has 0 aliphatic carbocycles. The van der Waals surface area contributed by atoms with Crippen molar-refractivity contribution >= 4 is 40.1 Å². The monoisotopic (exact) mass is 488 g/mol. The number of nitriles is 1. The number of benzene rings is 1. The highest BCUT2D eigenvalue weighted by Gasteiger charge is 2.51. The molecule has 36 heavy (non-hydrogen) atoms. The number of rotatable bonds is 5. The van der Waals surface area contributed by atoms with Crippen molar-refractivity contribution in [3.05, 3.63) is 54.5 Å². The fraction of sp³-hybridized carbons (Fsp3) is 0.217. The fourth-order valence-electron chi connectivity index (χ4n) is 3.92. The number of nitrogens with zero attached hydrogens (tertiary/aromatic N) is 6. The fourth-order valence-corrected chi connectivity index (χ4v) is 3.92. The molecule has 1 aliphatic rings. The lowest BCUT2D eigenvalue weighted by molar-refractivity contribution is -0.170. The number of fused-ring (bicyclic) bond motifs is 1. The van der Waals surface area contributed by atoms with E-state index in [1.165, 1.54) is 28.8 Å². The molecule has 5 rings (SSSR count). The first kappa shape index (κ1) is 23.0. The van der Waals surface area contributed by atoms with Gasteiger partial charge in [-0.05, 0) is 25.1 Å². The molecule has 1 aromatic carbocycles. The molecule has 4 aromatic rings. The zero-order valence-corrected chi connectivity index (χ0v) is 19.0. The maximum atomic E-state index is 13.4. The molecule has 0 saturated carbocycles. The minimum absolute atomic E-state index is 0.0660. The predicted octanol–water partition coefficient (Wildman–Crippen LogP) is 0.984. The molecule has 13 nitrogen and oxygen atoms in total. The van der Waals surface area contributed by atoms with Gasteiger partial charge in [0.15, 0.2) is 28.9 Å². The first-order chi connectivity index (χ1) is 17.3. The summed E-state index contributed by atoms with van der Waals surface area (Å²) in [6.45, 7) is 1.59. The van der Waals surface area contributed by atoms with E-state index in [4.69, 9.17) is 20.3 Å². The number of aliphatic hydroxyl groups is 1. The number of aliphatic hydroxyl groups excluding tert-OH is 1. The predicted molar refractivity (Wildman–Crippen MR) is 126 cm³/mol. The highest BCUT2D eigenvalue weighted by atomic mass is 16.5. The van der Waals surface area contributed by atoms with E-state index >= 15 is 0 Å². The van der Waals surface area contributed by atoms with Crippen LogP contribution in [-0.2, 0) is 14.3 Å². The third kappa shape index (κ3) is 3.90. The van der Waals surface area contributed by atoms with Gasteiger partial charge in [-0.25, -0.2) is 9.67 Å². The van der Waals surface area contributed by atoms with E-state index in [1.54, 1.807) is 36.5 Å². The number of amides is 2. The molecule has 0 bridgehead atoms. The van der Waals surface area contributed by atoms with Gasteiger partial charge >= 0.3 is 0 Å². The summed E-state index contributed by atoms with van der Waals surface area (Å²) in [5, 5.41) is 31.1. The summed E-state index contributed by atoms with van der Waals surface area (Å²) in [5.74, 6) is -0.960. The third-order valence-electron chi connectivity index (χ3n) is 5.90. The molecule has 2 atom stereocenters. The Morgan fingerprint density at radius 1 is 1.33 bits per heavy atom. The average Bonchev–Trinajstić information content (AvgIpc) is 3.52. The Morgan fingerprint density at radius 2 is 2.17 bits per heavy atom. The third-order valence-corrected chi connectivity index (χ3v) is 5.90. The molecule has 1 saturated heterocycles. The Labute approximate surface area is 203 Å². The van der Waals surface area contributed by atoms with Crippen LogP contribution in [0.2, 0.25) is 0 Å². The number of hydrogen-bond donors (Lipinski definition) is 3. The van der Waals surface area contributed by atoms with Gasteiger partial charge in [0.05, 0.1) is 24.2 Å². The topological polar surface area (TPSA) is 185 Å². The van der Waals surface area contributed by atoms with E-state index in [1.807, 2.05) is 6.07 Å². The van der Waals surface area contributed by atoms with Gasteiger partial charge in [0, 0.05) is 36.3 Å². The van der Waals surface area contributed by atoms with Crippen molar-refractivity contribution in [2.24, 2.45) is 0 Å². The summed E-state index contributed by atoms with van der Waals surface area (Å²) < 4.78 is 12.2. The van der Waals surface area contributed by atoms with Gasteiger partial charge in [0.1, 0.15) is 11.8 Å². The van der Waals surface area contributed by atoms with E-state index in [-0.39, 0.29) is 24.7 Å². The molecule has 1 aliphatic heterocycles. The van der Waals surface area contributed by atoms with E-state index in [0.29, 0.717) is 28.2 Å². The second-order valence-electron chi connectivity index (χ2n) is 8.21. The molecule has 2 amide bonds. The maximum Gasteiger partial charge on any atom is 0.263 e. The van der Waals surface area contributed by atoms with Crippen LogP contribution in [0.4, 0.5) is 17.3 Å². The van der Waals surface area contributed by atoms with Crippen LogP contribution in [0.1, 0.15) is 12.6 Å². The van der Waals surface area contributed by atoms with Crippen LogP contribution in [0.5, 0.6) is 0 Å². The number of pyridine rings is 1. The Morgan fingerprint density at radius 3 is 2.97 bits per heavy atom. The Balaban J connectivity index is 1.34. The van der Waals surface area contributed by atoms with Crippen molar-refractivity contribution in [1.29, 1.82) is 5.26 Å². The number of anilines is 3. The lowest BCUT2D eigenvalue weighted by Crippen LogP contribution is -2.63. The van der Waals surface area contributed by atoms with Gasteiger partial charge in [-0.2, -0.15) is 5.26 Å². The quantitative estimate of drug-likeness (QED) is 0.366. The Kier molecular flexibility index (Phi) is 5.59. The van der Waals surface area contributed by atoms with Crippen LogP contribution in [0, 0.1) is 11.3 Å². The standard InChI is InChI=1S/C23H20N8O5/c1-23(19(32)21(33)27-13-2-3-16-17(11-13)36-29-20(16)25)22(34)30(8-9-35-23)18-5-7-31(28-18)15-4-6-26-14(10-15)12-24/h2-7,10-11,19,32H,8-9H2,1H3,(H2,25,29)(H,27,33). The summed E-state index contributed by atoms with van der Waals surface area (Å²) in [6, 6.07) is 11.5. The van der Waals surface area contributed by atoms with E-state index in [2.05, 4.69) is 20.6 Å². The summed E-state index contributed by atoms with van der Waals surface area (Å²) in [4.78, 5) is 31.5. The van der Waals surface area contributed by atoms with Gasteiger partial charge in [0.25, 0.3) is 11.8 Å². The number of carbonyl (C=O) groups is 2. The van der Waals surface area contributed by atoms with Crippen LogP contribution in [0.3, 0.4) is 0 Å². The van der Waals surface area contributed by atoms with Crippen LogP contribution >= 0.6 is 0 Å². The van der Waals surface area contributed by atoms with Gasteiger partial charge in [-0.15, -0.1) is 5.10 Å². The normalized spacial score (nSPS) is 18.7. The largest absolute Gasteiger partial charge is 0.380 e. The molecule has 3 aromatic heterocycles. The lowest BCUT2D eigenvalue weighted by Gasteiger charge is -2.40. The molecule has 1 fully saturated rings. The second-order valence-corrected chi connectivity index (χ2v) is 8.21. The molecule has 4 N–H and O–H groups in total. The molecule has 0 radical (unpaired) electrons. The highest BCUT2D eigenvalue weighted by molar-refractivity contribution is 6.06. The van der Waals surface area contributed by atoms with Crippen molar-refractivity contribution in [3.8, 4) is 11.8 Å².